The van der Waals surface area contributed by atoms with Gasteiger partial charge in [-0.1, -0.05) is 0 Å². The Labute approximate surface area is 104 Å². The Morgan fingerprint density at radius 3 is 2.71 bits per heavy atom. The summed E-state index contributed by atoms with van der Waals surface area (Å²) < 4.78 is 0. The summed E-state index contributed by atoms with van der Waals surface area (Å²) in [5.74, 6) is 0.249. The summed E-state index contributed by atoms with van der Waals surface area (Å²) in [5.41, 5.74) is 0. The number of piperidine rings is 1. The highest BCUT2D eigenvalue weighted by Crippen LogP contribution is 2.25. The molecule has 1 N–H and O–H groups in total. The van der Waals surface area contributed by atoms with Crippen LogP contribution in [0.25, 0.3) is 0 Å². The number of amides is 1. The molecule has 1 aliphatic carbocycles. The number of hydrogen-bond donors (Lipinski definition) is 1. The van der Waals surface area contributed by atoms with Crippen molar-refractivity contribution in [2.45, 2.75) is 50.7 Å². The molecule has 1 amide bonds. The molecule has 2 aliphatic rings. The maximum atomic E-state index is 11.9. The van der Waals surface area contributed by atoms with Crippen molar-refractivity contribution in [3.05, 3.63) is 0 Å². The summed E-state index contributed by atoms with van der Waals surface area (Å²) in [6.45, 7) is 3.89. The van der Waals surface area contributed by atoms with Crippen molar-refractivity contribution in [3.63, 3.8) is 0 Å². The molecule has 1 heterocycles. The van der Waals surface area contributed by atoms with Crippen molar-refractivity contribution in [3.8, 4) is 0 Å². The molecular weight excluding hydrogens is 214 g/mol. The number of likely N-dealkylation sites (tertiary alicyclic amines) is 1. The van der Waals surface area contributed by atoms with Gasteiger partial charge in [0.25, 0.3) is 0 Å². The van der Waals surface area contributed by atoms with Crippen molar-refractivity contribution in [1.82, 2.24) is 15.1 Å². The molecule has 0 aromatic rings. The molecule has 1 saturated carbocycles. The predicted molar refractivity (Wildman–Crippen MR) is 68.9 cm³/mol. The summed E-state index contributed by atoms with van der Waals surface area (Å²) in [6.07, 6.45) is 4.68. The standard InChI is InChI=1S/C13H25N3O/c1-10-8-11(6-7-15(10)2)14-9-13(17)16(3)12-4-5-12/h10-12,14H,4-9H2,1-3H3. The van der Waals surface area contributed by atoms with Crippen LogP contribution in [-0.4, -0.2) is 61.0 Å². The highest BCUT2D eigenvalue weighted by Gasteiger charge is 2.30. The second-order valence-electron chi connectivity index (χ2n) is 5.67. The van der Waals surface area contributed by atoms with Crippen LogP contribution in [0.3, 0.4) is 0 Å². The van der Waals surface area contributed by atoms with E-state index in [2.05, 4.69) is 24.2 Å². The van der Waals surface area contributed by atoms with Crippen molar-refractivity contribution >= 4 is 5.91 Å². The molecule has 0 bridgehead atoms. The van der Waals surface area contributed by atoms with E-state index in [1.54, 1.807) is 0 Å². The maximum Gasteiger partial charge on any atom is 0.236 e. The molecule has 0 aromatic carbocycles. The Balaban J connectivity index is 1.69. The van der Waals surface area contributed by atoms with Crippen LogP contribution in [-0.2, 0) is 4.79 Å². The van der Waals surface area contributed by atoms with Gasteiger partial charge < -0.3 is 15.1 Å². The van der Waals surface area contributed by atoms with Crippen LogP contribution in [0.2, 0.25) is 0 Å². The number of likely N-dealkylation sites (N-methyl/N-ethyl adjacent to an activating group) is 1. The summed E-state index contributed by atoms with van der Waals surface area (Å²) in [5, 5.41) is 3.42. The van der Waals surface area contributed by atoms with Gasteiger partial charge >= 0.3 is 0 Å². The van der Waals surface area contributed by atoms with Gasteiger partial charge in [-0.2, -0.15) is 0 Å². The van der Waals surface area contributed by atoms with E-state index in [0.717, 1.165) is 19.4 Å². The van der Waals surface area contributed by atoms with Gasteiger partial charge in [0.05, 0.1) is 6.54 Å². The lowest BCUT2D eigenvalue weighted by Crippen LogP contribution is -2.48. The first-order chi connectivity index (χ1) is 8.08. The first kappa shape index (κ1) is 12.8. The minimum Gasteiger partial charge on any atom is -0.342 e. The fourth-order valence-electron chi connectivity index (χ4n) is 2.50. The lowest BCUT2D eigenvalue weighted by Gasteiger charge is -2.35. The summed E-state index contributed by atoms with van der Waals surface area (Å²) >= 11 is 0. The Morgan fingerprint density at radius 2 is 2.12 bits per heavy atom. The van der Waals surface area contributed by atoms with E-state index < -0.39 is 0 Å². The fraction of sp³-hybridized carbons (Fsp3) is 0.923. The molecular formula is C13H25N3O. The summed E-state index contributed by atoms with van der Waals surface area (Å²) in [4.78, 5) is 16.2. The minimum atomic E-state index is 0.249. The zero-order valence-electron chi connectivity index (χ0n) is 11.3. The van der Waals surface area contributed by atoms with Gasteiger partial charge in [0, 0.05) is 25.2 Å². The molecule has 2 unspecified atom stereocenters. The molecule has 0 radical (unpaired) electrons. The van der Waals surface area contributed by atoms with E-state index in [-0.39, 0.29) is 5.91 Å². The average molecular weight is 239 g/mol. The molecule has 0 aromatic heterocycles. The molecule has 1 aliphatic heterocycles. The van der Waals surface area contributed by atoms with Crippen LogP contribution in [0.15, 0.2) is 0 Å². The van der Waals surface area contributed by atoms with Crippen LogP contribution >= 0.6 is 0 Å². The van der Waals surface area contributed by atoms with Crippen LogP contribution in [0.4, 0.5) is 0 Å². The number of rotatable bonds is 4. The second kappa shape index (κ2) is 5.36. The van der Waals surface area contributed by atoms with Crippen LogP contribution in [0, 0.1) is 0 Å². The van der Waals surface area contributed by atoms with Crippen molar-refractivity contribution in [1.29, 1.82) is 0 Å². The zero-order valence-corrected chi connectivity index (χ0v) is 11.3. The normalized spacial score (nSPS) is 30.3. The molecule has 2 atom stereocenters. The van der Waals surface area contributed by atoms with Gasteiger partial charge in [0.2, 0.25) is 5.91 Å². The van der Waals surface area contributed by atoms with Crippen LogP contribution in [0.1, 0.15) is 32.6 Å². The predicted octanol–water partition coefficient (Wildman–Crippen LogP) is 0.680. The van der Waals surface area contributed by atoms with E-state index in [4.69, 9.17) is 0 Å². The third kappa shape index (κ3) is 3.42. The monoisotopic (exact) mass is 239 g/mol. The molecule has 2 rings (SSSR count). The van der Waals surface area contributed by atoms with Gasteiger partial charge in [0.1, 0.15) is 0 Å². The second-order valence-corrected chi connectivity index (χ2v) is 5.67. The number of carbonyl (C=O) groups is 1. The van der Waals surface area contributed by atoms with Crippen molar-refractivity contribution in [2.75, 3.05) is 27.2 Å². The maximum absolute atomic E-state index is 11.9. The third-order valence-electron chi connectivity index (χ3n) is 4.24. The number of nitrogens with zero attached hydrogens (tertiary/aromatic N) is 2. The summed E-state index contributed by atoms with van der Waals surface area (Å²) in [6, 6.07) is 1.66. The van der Waals surface area contributed by atoms with E-state index in [1.165, 1.54) is 12.8 Å². The van der Waals surface area contributed by atoms with Gasteiger partial charge in [-0.15, -0.1) is 0 Å². The third-order valence-corrected chi connectivity index (χ3v) is 4.24. The Kier molecular flexibility index (Phi) is 4.05. The Morgan fingerprint density at radius 1 is 1.41 bits per heavy atom. The number of hydrogen-bond acceptors (Lipinski definition) is 3. The summed E-state index contributed by atoms with van der Waals surface area (Å²) in [7, 11) is 4.10. The molecule has 2 fully saturated rings. The lowest BCUT2D eigenvalue weighted by molar-refractivity contribution is -0.129. The highest BCUT2D eigenvalue weighted by atomic mass is 16.2. The quantitative estimate of drug-likeness (QED) is 0.783. The molecule has 1 saturated heterocycles. The van der Waals surface area contributed by atoms with E-state index in [0.29, 0.717) is 24.7 Å². The Bertz CT molecular complexity index is 278. The van der Waals surface area contributed by atoms with Gasteiger partial charge in [-0.3, -0.25) is 4.79 Å². The molecule has 4 heteroatoms. The zero-order chi connectivity index (χ0) is 12.4. The van der Waals surface area contributed by atoms with Crippen LogP contribution < -0.4 is 5.32 Å². The van der Waals surface area contributed by atoms with Gasteiger partial charge in [-0.25, -0.2) is 0 Å². The van der Waals surface area contributed by atoms with E-state index >= 15 is 0 Å². The molecule has 98 valence electrons. The minimum absolute atomic E-state index is 0.249. The highest BCUT2D eigenvalue weighted by molar-refractivity contribution is 5.78. The lowest BCUT2D eigenvalue weighted by atomic mass is 9.99. The first-order valence-electron chi connectivity index (χ1n) is 6.77. The average Bonchev–Trinajstić information content (AvgIpc) is 3.13. The smallest absolute Gasteiger partial charge is 0.236 e. The van der Waals surface area contributed by atoms with E-state index in [1.807, 2.05) is 11.9 Å². The SMILES string of the molecule is CC1CC(NCC(=O)N(C)C2CC2)CCN1C. The van der Waals surface area contributed by atoms with Gasteiger partial charge in [-0.05, 0) is 46.2 Å². The number of nitrogens with one attached hydrogen (secondary N) is 1. The first-order valence-corrected chi connectivity index (χ1v) is 6.77. The van der Waals surface area contributed by atoms with Crippen molar-refractivity contribution < 1.29 is 4.79 Å². The molecule has 17 heavy (non-hydrogen) atoms. The van der Waals surface area contributed by atoms with E-state index in [9.17, 15) is 4.79 Å². The molecule has 0 spiro atoms. The molecule has 4 nitrogen and oxygen atoms in total. The topological polar surface area (TPSA) is 35.6 Å². The Hall–Kier alpha value is -0.610. The number of carbonyl (C=O) groups excluding carboxylic acids is 1. The largest absolute Gasteiger partial charge is 0.342 e. The van der Waals surface area contributed by atoms with Gasteiger partial charge in [0.15, 0.2) is 0 Å². The van der Waals surface area contributed by atoms with Crippen LogP contribution in [0.5, 0.6) is 0 Å². The van der Waals surface area contributed by atoms with Crippen molar-refractivity contribution in [2.24, 2.45) is 0 Å². The fourth-order valence-corrected chi connectivity index (χ4v) is 2.50.